The molecule has 0 aliphatic heterocycles. The second-order valence-electron chi connectivity index (χ2n) is 7.16. The van der Waals surface area contributed by atoms with Crippen LogP contribution in [0.5, 0.6) is 0 Å². The van der Waals surface area contributed by atoms with Gasteiger partial charge in [0.15, 0.2) is 10.9 Å². The number of carbonyl (C=O) groups is 2. The lowest BCUT2D eigenvalue weighted by Crippen LogP contribution is -2.42. The summed E-state index contributed by atoms with van der Waals surface area (Å²) < 4.78 is 6.40. The van der Waals surface area contributed by atoms with Crippen molar-refractivity contribution in [2.24, 2.45) is 7.05 Å². The third-order valence-electron chi connectivity index (χ3n) is 4.98. The van der Waals surface area contributed by atoms with E-state index in [2.05, 4.69) is 21.9 Å². The molecule has 8 nitrogen and oxygen atoms in total. The summed E-state index contributed by atoms with van der Waals surface area (Å²) in [4.78, 5) is 42.2. The number of hydrogen-bond acceptors (Lipinski definition) is 7. The van der Waals surface area contributed by atoms with Crippen molar-refractivity contribution in [2.75, 3.05) is 5.75 Å². The van der Waals surface area contributed by atoms with Crippen LogP contribution < -0.4 is 16.4 Å². The first-order valence-corrected chi connectivity index (χ1v) is 11.5. The molecule has 0 aliphatic carbocycles. The van der Waals surface area contributed by atoms with Crippen LogP contribution in [0.4, 0.5) is 0 Å². The van der Waals surface area contributed by atoms with E-state index in [1.807, 2.05) is 31.4 Å². The number of aromatic nitrogens is 2. The van der Waals surface area contributed by atoms with Gasteiger partial charge in [-0.15, -0.1) is 11.3 Å². The molecule has 0 aliphatic rings. The summed E-state index contributed by atoms with van der Waals surface area (Å²) in [5, 5.41) is 2.93. The molecule has 3 aromatic heterocycles. The third-order valence-corrected chi connectivity index (χ3v) is 6.89. The fourth-order valence-corrected chi connectivity index (χ4v) is 4.83. The summed E-state index contributed by atoms with van der Waals surface area (Å²) in [5.74, 6) is -0.937. The van der Waals surface area contributed by atoms with Crippen LogP contribution in [0.1, 0.15) is 21.7 Å². The van der Waals surface area contributed by atoms with Gasteiger partial charge in [0.2, 0.25) is 5.91 Å². The molecule has 4 aromatic rings. The van der Waals surface area contributed by atoms with E-state index in [9.17, 15) is 14.4 Å². The zero-order valence-corrected chi connectivity index (χ0v) is 19.2. The zero-order chi connectivity index (χ0) is 22.8. The SMILES string of the molecule is Cc1ccc(-c2csc3nc(SCC(=O)NNC(=O)c4ccco4)n(C)c(=O)c23)cc1C. The first-order valence-electron chi connectivity index (χ1n) is 9.66. The van der Waals surface area contributed by atoms with E-state index >= 15 is 0 Å². The summed E-state index contributed by atoms with van der Waals surface area (Å²) in [6, 6.07) is 9.18. The molecule has 3 heterocycles. The molecule has 32 heavy (non-hydrogen) atoms. The Morgan fingerprint density at radius 3 is 2.72 bits per heavy atom. The molecule has 0 radical (unpaired) electrons. The van der Waals surface area contributed by atoms with Crippen molar-refractivity contribution in [1.29, 1.82) is 0 Å². The number of thiophene rings is 1. The highest BCUT2D eigenvalue weighted by atomic mass is 32.2. The second-order valence-corrected chi connectivity index (χ2v) is 8.96. The number of hydrazine groups is 1. The largest absolute Gasteiger partial charge is 0.459 e. The first-order chi connectivity index (χ1) is 15.3. The van der Waals surface area contributed by atoms with Crippen molar-refractivity contribution in [3.8, 4) is 11.1 Å². The smallest absolute Gasteiger partial charge is 0.305 e. The summed E-state index contributed by atoms with van der Waals surface area (Å²) in [6.07, 6.45) is 1.37. The molecule has 0 atom stereocenters. The van der Waals surface area contributed by atoms with E-state index in [0.717, 1.165) is 28.5 Å². The molecule has 164 valence electrons. The monoisotopic (exact) mass is 468 g/mol. The number of rotatable bonds is 5. The average molecular weight is 469 g/mol. The van der Waals surface area contributed by atoms with Crippen LogP contribution in [0.3, 0.4) is 0 Å². The van der Waals surface area contributed by atoms with E-state index in [1.165, 1.54) is 33.8 Å². The van der Waals surface area contributed by atoms with Crippen molar-refractivity contribution in [2.45, 2.75) is 19.0 Å². The van der Waals surface area contributed by atoms with Crippen LogP contribution in [0, 0.1) is 13.8 Å². The molecular formula is C22H20N4O4S2. The van der Waals surface area contributed by atoms with Crippen molar-refractivity contribution in [3.05, 3.63) is 69.2 Å². The maximum absolute atomic E-state index is 13.1. The van der Waals surface area contributed by atoms with Gasteiger partial charge < -0.3 is 4.42 Å². The molecular weight excluding hydrogens is 448 g/mol. The van der Waals surface area contributed by atoms with Crippen molar-refractivity contribution >= 4 is 45.1 Å². The molecule has 0 fully saturated rings. The van der Waals surface area contributed by atoms with Crippen molar-refractivity contribution in [1.82, 2.24) is 20.4 Å². The van der Waals surface area contributed by atoms with Crippen LogP contribution in [0.2, 0.25) is 0 Å². The van der Waals surface area contributed by atoms with Gasteiger partial charge >= 0.3 is 5.91 Å². The lowest BCUT2D eigenvalue weighted by Gasteiger charge is -2.09. The Morgan fingerprint density at radius 2 is 2.00 bits per heavy atom. The van der Waals surface area contributed by atoms with E-state index in [0.29, 0.717) is 15.4 Å². The maximum Gasteiger partial charge on any atom is 0.305 e. The number of benzene rings is 1. The number of nitrogens with one attached hydrogen (secondary N) is 2. The van der Waals surface area contributed by atoms with Crippen LogP contribution in [-0.2, 0) is 11.8 Å². The number of amides is 2. The predicted molar refractivity (Wildman–Crippen MR) is 125 cm³/mol. The van der Waals surface area contributed by atoms with Gasteiger partial charge in [-0.25, -0.2) is 4.98 Å². The summed E-state index contributed by atoms with van der Waals surface area (Å²) >= 11 is 2.51. The topological polar surface area (TPSA) is 106 Å². The fraction of sp³-hybridized carbons (Fsp3) is 0.182. The van der Waals surface area contributed by atoms with E-state index < -0.39 is 11.8 Å². The van der Waals surface area contributed by atoms with E-state index in [-0.39, 0.29) is 17.1 Å². The van der Waals surface area contributed by atoms with Crippen LogP contribution in [-0.4, -0.2) is 27.1 Å². The number of nitrogens with zero attached hydrogens (tertiary/aromatic N) is 2. The molecule has 0 bridgehead atoms. The normalized spacial score (nSPS) is 11.0. The fourth-order valence-electron chi connectivity index (χ4n) is 3.07. The third kappa shape index (κ3) is 4.32. The molecule has 2 amide bonds. The van der Waals surface area contributed by atoms with Gasteiger partial charge in [-0.3, -0.25) is 29.8 Å². The summed E-state index contributed by atoms with van der Waals surface area (Å²) in [6.45, 7) is 4.09. The van der Waals surface area contributed by atoms with Crippen molar-refractivity contribution < 1.29 is 14.0 Å². The first kappa shape index (κ1) is 21.8. The average Bonchev–Trinajstić information content (AvgIpc) is 3.46. The number of fused-ring (bicyclic) bond motifs is 1. The Bertz CT molecular complexity index is 1370. The molecule has 0 saturated heterocycles. The van der Waals surface area contributed by atoms with Gasteiger partial charge in [0.1, 0.15) is 4.83 Å². The highest BCUT2D eigenvalue weighted by Gasteiger charge is 2.17. The quantitative estimate of drug-likeness (QED) is 0.264. The predicted octanol–water partition coefficient (Wildman–Crippen LogP) is 3.43. The Balaban J connectivity index is 1.50. The van der Waals surface area contributed by atoms with Crippen LogP contribution in [0.25, 0.3) is 21.3 Å². The van der Waals surface area contributed by atoms with E-state index in [4.69, 9.17) is 4.42 Å². The Morgan fingerprint density at radius 1 is 1.19 bits per heavy atom. The Kier molecular flexibility index (Phi) is 6.15. The van der Waals surface area contributed by atoms with E-state index in [1.54, 1.807) is 13.1 Å². The van der Waals surface area contributed by atoms with Gasteiger partial charge in [0.05, 0.1) is 17.4 Å². The number of thioether (sulfide) groups is 1. The molecule has 0 spiro atoms. The maximum atomic E-state index is 13.1. The van der Waals surface area contributed by atoms with Crippen LogP contribution >= 0.6 is 23.1 Å². The lowest BCUT2D eigenvalue weighted by molar-refractivity contribution is -0.119. The molecule has 4 rings (SSSR count). The van der Waals surface area contributed by atoms with Gasteiger partial charge in [-0.05, 0) is 42.7 Å². The van der Waals surface area contributed by atoms with Gasteiger partial charge in [-0.1, -0.05) is 30.0 Å². The minimum atomic E-state index is -0.558. The summed E-state index contributed by atoms with van der Waals surface area (Å²) in [7, 11) is 1.63. The molecule has 1 aromatic carbocycles. The number of carbonyl (C=O) groups excluding carboxylic acids is 2. The van der Waals surface area contributed by atoms with Crippen molar-refractivity contribution in [3.63, 3.8) is 0 Å². The Labute approximate surface area is 191 Å². The lowest BCUT2D eigenvalue weighted by atomic mass is 10.0. The highest BCUT2D eigenvalue weighted by molar-refractivity contribution is 7.99. The van der Waals surface area contributed by atoms with Gasteiger partial charge in [0.25, 0.3) is 5.56 Å². The Hall–Kier alpha value is -3.37. The number of furan rings is 1. The molecule has 0 saturated carbocycles. The zero-order valence-electron chi connectivity index (χ0n) is 17.6. The standard InChI is InChI=1S/C22H20N4O4S2/c1-12-6-7-14(9-13(12)2)15-10-31-20-18(15)21(29)26(3)22(23-20)32-11-17(27)24-25-19(28)16-5-4-8-30-16/h4-10H,11H2,1-3H3,(H,24,27)(H,25,28). The summed E-state index contributed by atoms with van der Waals surface area (Å²) in [5.41, 5.74) is 8.60. The number of aryl methyl sites for hydroxylation is 2. The molecule has 10 heteroatoms. The minimum absolute atomic E-state index is 0.0282. The number of hydrogen-bond donors (Lipinski definition) is 2. The van der Waals surface area contributed by atoms with Crippen LogP contribution in [0.15, 0.2) is 56.3 Å². The minimum Gasteiger partial charge on any atom is -0.459 e. The molecule has 2 N–H and O–H groups in total. The molecule has 0 unspecified atom stereocenters. The highest BCUT2D eigenvalue weighted by Crippen LogP contribution is 2.32. The van der Waals surface area contributed by atoms with Gasteiger partial charge in [-0.2, -0.15) is 0 Å². The van der Waals surface area contributed by atoms with Gasteiger partial charge in [0, 0.05) is 18.0 Å². The second kappa shape index (κ2) is 9.01.